The maximum absolute atomic E-state index is 12.0. The van der Waals surface area contributed by atoms with Crippen LogP contribution < -0.4 is 10.6 Å². The second kappa shape index (κ2) is 7.07. The van der Waals surface area contributed by atoms with Gasteiger partial charge in [-0.15, -0.1) is 0 Å². The van der Waals surface area contributed by atoms with Crippen LogP contribution in [0.5, 0.6) is 0 Å². The zero-order valence-electron chi connectivity index (χ0n) is 14.1. The summed E-state index contributed by atoms with van der Waals surface area (Å²) in [7, 11) is 1.77. The van der Waals surface area contributed by atoms with Gasteiger partial charge in [0.15, 0.2) is 0 Å². The van der Waals surface area contributed by atoms with E-state index in [1.54, 1.807) is 30.2 Å². The molecule has 2 N–H and O–H groups in total. The van der Waals surface area contributed by atoms with Crippen molar-refractivity contribution in [1.29, 1.82) is 0 Å². The fraction of sp³-hybridized carbons (Fsp3) is 0.333. The van der Waals surface area contributed by atoms with E-state index in [9.17, 15) is 4.79 Å². The molecule has 3 aromatic heterocycles. The second-order valence-corrected chi connectivity index (χ2v) is 5.62. The Labute approximate surface area is 143 Å². The van der Waals surface area contributed by atoms with Gasteiger partial charge in [-0.1, -0.05) is 19.0 Å². The number of amides is 2. The van der Waals surface area contributed by atoms with Gasteiger partial charge in [0.05, 0.1) is 12.2 Å². The average Bonchev–Trinajstić information content (AvgIpc) is 3.21. The molecule has 0 atom stereocenters. The van der Waals surface area contributed by atoms with E-state index in [0.29, 0.717) is 11.6 Å². The Kier molecular flexibility index (Phi) is 4.68. The van der Waals surface area contributed by atoms with Crippen molar-refractivity contribution in [2.24, 2.45) is 7.05 Å². The van der Waals surface area contributed by atoms with Crippen molar-refractivity contribution < 1.29 is 9.32 Å². The molecule has 0 radical (unpaired) electrons. The summed E-state index contributed by atoms with van der Waals surface area (Å²) >= 11 is 0. The number of rotatable bonds is 5. The third kappa shape index (κ3) is 3.97. The van der Waals surface area contributed by atoms with Crippen molar-refractivity contribution in [3.05, 3.63) is 36.1 Å². The Morgan fingerprint density at radius 1 is 1.28 bits per heavy atom. The average molecular weight is 342 g/mol. The van der Waals surface area contributed by atoms with E-state index < -0.39 is 6.03 Å². The van der Waals surface area contributed by atoms with Crippen LogP contribution in [0.2, 0.25) is 0 Å². The van der Waals surface area contributed by atoms with Gasteiger partial charge in [0.2, 0.25) is 17.5 Å². The van der Waals surface area contributed by atoms with E-state index in [1.165, 1.54) is 0 Å². The van der Waals surface area contributed by atoms with Crippen molar-refractivity contribution in [3.63, 3.8) is 0 Å². The number of hydrogen-bond donors (Lipinski definition) is 2. The maximum atomic E-state index is 12.0. The van der Waals surface area contributed by atoms with Crippen molar-refractivity contribution in [1.82, 2.24) is 35.2 Å². The first-order chi connectivity index (χ1) is 12.0. The first-order valence-electron chi connectivity index (χ1n) is 7.71. The Bertz CT molecular complexity index is 856. The topological polar surface area (TPSA) is 124 Å². The molecule has 0 aliphatic carbocycles. The Hall–Kier alpha value is -3.30. The van der Waals surface area contributed by atoms with Gasteiger partial charge >= 0.3 is 6.03 Å². The Balaban J connectivity index is 1.57. The standard InChI is InChI=1S/C15H18N8O2/c1-9(2)10-7-11(23(3)21-10)19-15(24)18-8-12-20-14(22-25-12)13-16-5-4-6-17-13/h4-7,9H,8H2,1-3H3,(H2,18,19,24). The van der Waals surface area contributed by atoms with E-state index in [-0.39, 0.29) is 24.2 Å². The lowest BCUT2D eigenvalue weighted by atomic mass is 10.1. The summed E-state index contributed by atoms with van der Waals surface area (Å²) in [6.45, 7) is 4.16. The third-order valence-electron chi connectivity index (χ3n) is 3.37. The molecule has 0 saturated carbocycles. The smallest absolute Gasteiger partial charge is 0.320 e. The number of urea groups is 1. The highest BCUT2D eigenvalue weighted by atomic mass is 16.5. The normalized spacial score (nSPS) is 10.9. The minimum Gasteiger partial charge on any atom is -0.337 e. The fourth-order valence-electron chi connectivity index (χ4n) is 2.04. The zero-order valence-corrected chi connectivity index (χ0v) is 14.1. The number of carbonyl (C=O) groups excluding carboxylic acids is 1. The van der Waals surface area contributed by atoms with Gasteiger partial charge in [0.1, 0.15) is 5.82 Å². The van der Waals surface area contributed by atoms with Crippen LogP contribution in [-0.4, -0.2) is 35.9 Å². The number of nitrogens with one attached hydrogen (secondary N) is 2. The van der Waals surface area contributed by atoms with Crippen LogP contribution in [0, 0.1) is 0 Å². The first kappa shape index (κ1) is 16.6. The van der Waals surface area contributed by atoms with E-state index in [4.69, 9.17) is 4.52 Å². The minimum absolute atomic E-state index is 0.0839. The summed E-state index contributed by atoms with van der Waals surface area (Å²) in [5, 5.41) is 13.5. The highest BCUT2D eigenvalue weighted by Crippen LogP contribution is 2.17. The summed E-state index contributed by atoms with van der Waals surface area (Å²) in [6.07, 6.45) is 3.17. The van der Waals surface area contributed by atoms with Crippen molar-refractivity contribution >= 4 is 11.8 Å². The van der Waals surface area contributed by atoms with Gasteiger partial charge in [0.25, 0.3) is 0 Å². The number of carbonyl (C=O) groups is 1. The fourth-order valence-corrected chi connectivity index (χ4v) is 2.04. The number of aromatic nitrogens is 6. The largest absolute Gasteiger partial charge is 0.337 e. The van der Waals surface area contributed by atoms with Crippen molar-refractivity contribution in [3.8, 4) is 11.6 Å². The summed E-state index contributed by atoms with van der Waals surface area (Å²) in [5.41, 5.74) is 0.905. The number of hydrogen-bond acceptors (Lipinski definition) is 7. The van der Waals surface area contributed by atoms with Crippen LogP contribution in [0.25, 0.3) is 11.6 Å². The van der Waals surface area contributed by atoms with Gasteiger partial charge in [0, 0.05) is 25.5 Å². The summed E-state index contributed by atoms with van der Waals surface area (Å²) in [6, 6.07) is 3.13. The first-order valence-corrected chi connectivity index (χ1v) is 7.71. The predicted octanol–water partition coefficient (Wildman–Crippen LogP) is 1.71. The monoisotopic (exact) mass is 342 g/mol. The van der Waals surface area contributed by atoms with Crippen LogP contribution in [0.4, 0.5) is 10.6 Å². The third-order valence-corrected chi connectivity index (χ3v) is 3.37. The number of aryl methyl sites for hydroxylation is 1. The summed E-state index contributed by atoms with van der Waals surface area (Å²) in [5.74, 6) is 1.77. The van der Waals surface area contributed by atoms with E-state index >= 15 is 0 Å². The molecule has 0 bridgehead atoms. The Morgan fingerprint density at radius 3 is 2.72 bits per heavy atom. The van der Waals surface area contributed by atoms with Crippen molar-refractivity contribution in [2.45, 2.75) is 26.3 Å². The molecule has 3 rings (SSSR count). The molecule has 25 heavy (non-hydrogen) atoms. The molecule has 2 amide bonds. The second-order valence-electron chi connectivity index (χ2n) is 5.62. The van der Waals surface area contributed by atoms with E-state index in [0.717, 1.165) is 5.69 Å². The Morgan fingerprint density at radius 2 is 2.04 bits per heavy atom. The molecule has 10 nitrogen and oxygen atoms in total. The molecule has 0 saturated heterocycles. The minimum atomic E-state index is -0.394. The maximum Gasteiger partial charge on any atom is 0.320 e. The highest BCUT2D eigenvalue weighted by molar-refractivity contribution is 5.88. The van der Waals surface area contributed by atoms with E-state index in [2.05, 4.69) is 35.8 Å². The lowest BCUT2D eigenvalue weighted by Crippen LogP contribution is -2.29. The summed E-state index contributed by atoms with van der Waals surface area (Å²) < 4.78 is 6.70. The molecule has 0 fully saturated rings. The molecule has 130 valence electrons. The molecule has 0 aromatic carbocycles. The summed E-state index contributed by atoms with van der Waals surface area (Å²) in [4.78, 5) is 24.2. The molecule has 10 heteroatoms. The van der Waals surface area contributed by atoms with Crippen LogP contribution in [0.3, 0.4) is 0 Å². The molecular formula is C15H18N8O2. The van der Waals surface area contributed by atoms with Crippen LogP contribution in [0.15, 0.2) is 29.0 Å². The zero-order chi connectivity index (χ0) is 17.8. The molecule has 0 unspecified atom stereocenters. The SMILES string of the molecule is CC(C)c1cc(NC(=O)NCc2nc(-c3ncccn3)no2)n(C)n1. The molecule has 3 aromatic rings. The van der Waals surface area contributed by atoms with Gasteiger partial charge in [-0.05, 0) is 12.0 Å². The van der Waals surface area contributed by atoms with E-state index in [1.807, 2.05) is 19.9 Å². The molecular weight excluding hydrogens is 324 g/mol. The predicted molar refractivity (Wildman–Crippen MR) is 88.5 cm³/mol. The van der Waals surface area contributed by atoms with Gasteiger partial charge in [-0.3, -0.25) is 10.00 Å². The molecule has 0 aliphatic heterocycles. The van der Waals surface area contributed by atoms with Crippen LogP contribution >= 0.6 is 0 Å². The molecule has 0 aliphatic rings. The van der Waals surface area contributed by atoms with Crippen molar-refractivity contribution in [2.75, 3.05) is 5.32 Å². The van der Waals surface area contributed by atoms with Gasteiger partial charge in [-0.25, -0.2) is 14.8 Å². The number of anilines is 1. The molecule has 3 heterocycles. The van der Waals surface area contributed by atoms with Gasteiger partial charge in [-0.2, -0.15) is 10.1 Å². The highest BCUT2D eigenvalue weighted by Gasteiger charge is 2.13. The van der Waals surface area contributed by atoms with Crippen LogP contribution in [-0.2, 0) is 13.6 Å². The molecule has 0 spiro atoms. The van der Waals surface area contributed by atoms with Gasteiger partial charge < -0.3 is 9.84 Å². The quantitative estimate of drug-likeness (QED) is 0.723. The lowest BCUT2D eigenvalue weighted by Gasteiger charge is -2.05. The number of nitrogens with zero attached hydrogens (tertiary/aromatic N) is 6. The van der Waals surface area contributed by atoms with Crippen LogP contribution in [0.1, 0.15) is 31.4 Å². The lowest BCUT2D eigenvalue weighted by molar-refractivity contribution is 0.249.